The average molecular weight is 448 g/mol. The van der Waals surface area contributed by atoms with Crippen LogP contribution >= 0.6 is 11.8 Å². The molecule has 2 atom stereocenters. The van der Waals surface area contributed by atoms with Gasteiger partial charge in [-0.3, -0.25) is 9.59 Å². The molecule has 1 heterocycles. The van der Waals surface area contributed by atoms with Crippen molar-refractivity contribution in [2.45, 2.75) is 44.6 Å². The number of carbonyl (C=O) groups is 2. The van der Waals surface area contributed by atoms with E-state index in [9.17, 15) is 18.4 Å². The molecule has 1 saturated heterocycles. The summed E-state index contributed by atoms with van der Waals surface area (Å²) in [6.45, 7) is 4.32. The largest absolute Gasteiger partial charge is 0.349 e. The van der Waals surface area contributed by atoms with Crippen molar-refractivity contribution in [2.75, 3.05) is 12.3 Å². The van der Waals surface area contributed by atoms with Crippen molar-refractivity contribution in [3.63, 3.8) is 0 Å². The molecule has 166 valence electrons. The van der Waals surface area contributed by atoms with Crippen molar-refractivity contribution in [1.29, 1.82) is 0 Å². The summed E-state index contributed by atoms with van der Waals surface area (Å²) in [4.78, 5) is 26.9. The van der Waals surface area contributed by atoms with E-state index in [1.54, 1.807) is 0 Å². The summed E-state index contributed by atoms with van der Waals surface area (Å²) in [5.74, 6) is -0.873. The molecule has 1 aliphatic heterocycles. The molecule has 0 aliphatic carbocycles. The van der Waals surface area contributed by atoms with Crippen LogP contribution in [0.25, 0.3) is 0 Å². The number of benzene rings is 2. The molecule has 2 aromatic rings. The highest BCUT2D eigenvalue weighted by atomic mass is 32.2. The molecular weight excluding hydrogens is 420 g/mol. The van der Waals surface area contributed by atoms with E-state index in [0.29, 0.717) is 18.8 Å². The molecule has 0 radical (unpaired) electrons. The second-order valence-electron chi connectivity index (χ2n) is 7.87. The average Bonchev–Trinajstić information content (AvgIpc) is 3.21. The van der Waals surface area contributed by atoms with Gasteiger partial charge in [0.1, 0.15) is 11.6 Å². The zero-order valence-corrected chi connectivity index (χ0v) is 18.5. The molecule has 1 fully saturated rings. The van der Waals surface area contributed by atoms with Gasteiger partial charge in [-0.25, -0.2) is 8.78 Å². The minimum Gasteiger partial charge on any atom is -0.349 e. The maximum absolute atomic E-state index is 14.1. The van der Waals surface area contributed by atoms with Crippen molar-refractivity contribution in [3.8, 4) is 0 Å². The smallest absolute Gasteiger partial charge is 0.253 e. The lowest BCUT2D eigenvalue weighted by molar-refractivity contribution is -0.136. The standard InChI is InChI=1S/C23H27F2N3O2S/c1-14-3-5-16(6-4-14)13-27-22(30)23-28(7-8-31-23)21(29)12-18(26)10-17-11-19(24)15(2)9-20(17)25/h3-6,9,11,18,23H,7-8,10,12-13,26H2,1-2H3,(H,27,30). The van der Waals surface area contributed by atoms with Gasteiger partial charge in [-0.15, -0.1) is 11.8 Å². The minimum absolute atomic E-state index is 0.0417. The first kappa shape index (κ1) is 23.2. The SMILES string of the molecule is Cc1ccc(CNC(=O)C2SCCN2C(=O)CC(N)Cc2cc(F)c(C)cc2F)cc1. The van der Waals surface area contributed by atoms with Gasteiger partial charge in [-0.1, -0.05) is 29.8 Å². The molecular formula is C23H27F2N3O2S. The Hall–Kier alpha value is -2.45. The fourth-order valence-electron chi connectivity index (χ4n) is 3.47. The zero-order valence-electron chi connectivity index (χ0n) is 17.7. The van der Waals surface area contributed by atoms with Gasteiger partial charge < -0.3 is 16.0 Å². The molecule has 0 aromatic heterocycles. The van der Waals surface area contributed by atoms with Gasteiger partial charge in [0, 0.05) is 31.3 Å². The first-order valence-electron chi connectivity index (χ1n) is 10.2. The van der Waals surface area contributed by atoms with Crippen LogP contribution < -0.4 is 11.1 Å². The number of nitrogens with two attached hydrogens (primary N) is 1. The van der Waals surface area contributed by atoms with Crippen LogP contribution in [0, 0.1) is 25.5 Å². The number of aryl methyl sites for hydroxylation is 2. The Labute approximate surface area is 185 Å². The van der Waals surface area contributed by atoms with E-state index < -0.39 is 23.1 Å². The summed E-state index contributed by atoms with van der Waals surface area (Å²) in [5, 5.41) is 2.27. The van der Waals surface area contributed by atoms with Crippen LogP contribution in [0.15, 0.2) is 36.4 Å². The molecule has 3 rings (SSSR count). The Kier molecular flexibility index (Phi) is 7.67. The summed E-state index contributed by atoms with van der Waals surface area (Å²) >= 11 is 1.40. The van der Waals surface area contributed by atoms with E-state index >= 15 is 0 Å². The Balaban J connectivity index is 1.55. The van der Waals surface area contributed by atoms with Gasteiger partial charge in [0.2, 0.25) is 5.91 Å². The third kappa shape index (κ3) is 6.04. The second-order valence-corrected chi connectivity index (χ2v) is 9.06. The molecule has 5 nitrogen and oxygen atoms in total. The van der Waals surface area contributed by atoms with Crippen LogP contribution in [0.4, 0.5) is 8.78 Å². The van der Waals surface area contributed by atoms with E-state index in [0.717, 1.165) is 23.3 Å². The molecule has 2 aromatic carbocycles. The molecule has 8 heteroatoms. The quantitative estimate of drug-likeness (QED) is 0.684. The Morgan fingerprint density at radius 1 is 1.19 bits per heavy atom. The number of thioether (sulfide) groups is 1. The van der Waals surface area contributed by atoms with E-state index in [2.05, 4.69) is 5.32 Å². The van der Waals surface area contributed by atoms with Gasteiger partial charge in [0.15, 0.2) is 5.37 Å². The van der Waals surface area contributed by atoms with E-state index in [4.69, 9.17) is 5.73 Å². The monoisotopic (exact) mass is 447 g/mol. The van der Waals surface area contributed by atoms with E-state index in [-0.39, 0.29) is 35.8 Å². The van der Waals surface area contributed by atoms with Crippen LogP contribution in [0.3, 0.4) is 0 Å². The number of rotatable bonds is 7. The predicted octanol–water partition coefficient (Wildman–Crippen LogP) is 3.06. The van der Waals surface area contributed by atoms with E-state index in [1.807, 2.05) is 31.2 Å². The lowest BCUT2D eigenvalue weighted by Crippen LogP contribution is -2.46. The van der Waals surface area contributed by atoms with Gasteiger partial charge in [-0.2, -0.15) is 0 Å². The molecule has 0 saturated carbocycles. The summed E-state index contributed by atoms with van der Waals surface area (Å²) in [6.07, 6.45) is -0.00270. The lowest BCUT2D eigenvalue weighted by atomic mass is 10.0. The maximum atomic E-state index is 14.1. The van der Waals surface area contributed by atoms with Gasteiger partial charge in [0.05, 0.1) is 0 Å². The van der Waals surface area contributed by atoms with E-state index in [1.165, 1.54) is 23.6 Å². The highest BCUT2D eigenvalue weighted by molar-refractivity contribution is 8.00. The summed E-state index contributed by atoms with van der Waals surface area (Å²) < 4.78 is 27.8. The lowest BCUT2D eigenvalue weighted by Gasteiger charge is -2.24. The third-order valence-corrected chi connectivity index (χ3v) is 6.47. The summed E-state index contributed by atoms with van der Waals surface area (Å²) in [5.41, 5.74) is 8.54. The Morgan fingerprint density at radius 3 is 2.61 bits per heavy atom. The van der Waals surface area contributed by atoms with Crippen LogP contribution in [0.2, 0.25) is 0 Å². The maximum Gasteiger partial charge on any atom is 0.253 e. The number of nitrogens with zero attached hydrogens (tertiary/aromatic N) is 1. The highest BCUT2D eigenvalue weighted by Crippen LogP contribution is 2.25. The van der Waals surface area contributed by atoms with Crippen molar-refractivity contribution in [2.24, 2.45) is 5.73 Å². The Morgan fingerprint density at radius 2 is 1.90 bits per heavy atom. The Bertz CT molecular complexity index is 953. The second kappa shape index (κ2) is 10.2. The predicted molar refractivity (Wildman–Crippen MR) is 118 cm³/mol. The molecule has 31 heavy (non-hydrogen) atoms. The number of hydrogen-bond acceptors (Lipinski definition) is 4. The number of halogens is 2. The number of carbonyl (C=O) groups excluding carboxylic acids is 2. The van der Waals surface area contributed by atoms with Crippen molar-refractivity contribution >= 4 is 23.6 Å². The van der Waals surface area contributed by atoms with Crippen molar-refractivity contribution < 1.29 is 18.4 Å². The van der Waals surface area contributed by atoms with Gasteiger partial charge in [0.25, 0.3) is 5.91 Å². The molecule has 0 bridgehead atoms. The molecule has 1 aliphatic rings. The number of amides is 2. The number of nitrogens with one attached hydrogen (secondary N) is 1. The normalized spacial score (nSPS) is 16.9. The molecule has 2 unspecified atom stereocenters. The minimum atomic E-state index is -0.675. The van der Waals surface area contributed by atoms with Crippen LogP contribution in [-0.2, 0) is 22.6 Å². The van der Waals surface area contributed by atoms with Crippen LogP contribution in [0.1, 0.15) is 28.7 Å². The zero-order chi connectivity index (χ0) is 22.5. The topological polar surface area (TPSA) is 75.4 Å². The van der Waals surface area contributed by atoms with Gasteiger partial charge >= 0.3 is 0 Å². The first-order chi connectivity index (χ1) is 14.7. The third-order valence-electron chi connectivity index (χ3n) is 5.27. The fraction of sp³-hybridized carbons (Fsp3) is 0.391. The van der Waals surface area contributed by atoms with Crippen LogP contribution in [0.5, 0.6) is 0 Å². The molecule has 3 N–H and O–H groups in total. The summed E-state index contributed by atoms with van der Waals surface area (Å²) in [7, 11) is 0. The highest BCUT2D eigenvalue weighted by Gasteiger charge is 2.35. The summed E-state index contributed by atoms with van der Waals surface area (Å²) in [6, 6.07) is 9.44. The van der Waals surface area contributed by atoms with Crippen LogP contribution in [-0.4, -0.2) is 40.4 Å². The molecule has 0 spiro atoms. The number of hydrogen-bond donors (Lipinski definition) is 2. The fourth-order valence-corrected chi connectivity index (χ4v) is 4.63. The van der Waals surface area contributed by atoms with Crippen molar-refractivity contribution in [1.82, 2.24) is 10.2 Å². The molecule has 2 amide bonds. The van der Waals surface area contributed by atoms with Crippen molar-refractivity contribution in [3.05, 3.63) is 70.3 Å². The first-order valence-corrected chi connectivity index (χ1v) is 11.2. The van der Waals surface area contributed by atoms with Gasteiger partial charge in [-0.05, 0) is 49.1 Å².